The van der Waals surface area contributed by atoms with Gasteiger partial charge in [-0.2, -0.15) is 0 Å². The number of carbonyl (C=O) groups is 2. The molecule has 4 nitrogen and oxygen atoms in total. The van der Waals surface area contributed by atoms with E-state index in [1.807, 2.05) is 13.8 Å². The van der Waals surface area contributed by atoms with Crippen LogP contribution in [0.5, 0.6) is 0 Å². The van der Waals surface area contributed by atoms with Crippen LogP contribution in [0.15, 0.2) is 18.2 Å². The summed E-state index contributed by atoms with van der Waals surface area (Å²) in [6.45, 7) is 3.83. The number of amides is 1. The monoisotopic (exact) mass is 299 g/mol. The number of methoxy groups -OCH3 is 1. The Morgan fingerprint density at radius 1 is 1.24 bits per heavy atom. The molecule has 0 radical (unpaired) electrons. The number of hydrogen-bond acceptors (Lipinski definition) is 3. The van der Waals surface area contributed by atoms with Crippen LogP contribution in [-0.4, -0.2) is 25.0 Å². The van der Waals surface area contributed by atoms with Crippen molar-refractivity contribution in [3.8, 4) is 0 Å². The molecule has 0 fully saturated rings. The van der Waals surface area contributed by atoms with E-state index in [0.29, 0.717) is 12.0 Å². The maximum absolute atomic E-state index is 13.1. The summed E-state index contributed by atoms with van der Waals surface area (Å²) in [4.78, 5) is 23.5. The molecule has 0 saturated heterocycles. The van der Waals surface area contributed by atoms with Gasteiger partial charge in [0.15, 0.2) is 11.6 Å². The fourth-order valence-corrected chi connectivity index (χ4v) is 1.91. The lowest BCUT2D eigenvalue weighted by Crippen LogP contribution is -2.43. The van der Waals surface area contributed by atoms with Gasteiger partial charge in [-0.15, -0.1) is 0 Å². The number of ether oxygens (including phenoxy) is 1. The molecule has 0 heterocycles. The van der Waals surface area contributed by atoms with Gasteiger partial charge < -0.3 is 10.1 Å². The Kier molecular flexibility index (Phi) is 6.27. The van der Waals surface area contributed by atoms with Gasteiger partial charge in [-0.05, 0) is 30.0 Å². The molecule has 1 amide bonds. The molecule has 1 aromatic rings. The van der Waals surface area contributed by atoms with E-state index in [-0.39, 0.29) is 12.3 Å². The third kappa shape index (κ3) is 5.49. The fraction of sp³-hybridized carbons (Fsp3) is 0.467. The molecule has 0 saturated carbocycles. The van der Waals surface area contributed by atoms with E-state index in [9.17, 15) is 18.4 Å². The van der Waals surface area contributed by atoms with Crippen LogP contribution in [0.25, 0.3) is 0 Å². The van der Waals surface area contributed by atoms with Gasteiger partial charge in [-0.1, -0.05) is 19.9 Å². The molecule has 1 N–H and O–H groups in total. The number of carbonyl (C=O) groups excluding carboxylic acids is 2. The van der Waals surface area contributed by atoms with Crippen molar-refractivity contribution in [2.24, 2.45) is 5.92 Å². The molecule has 0 bridgehead atoms. The quantitative estimate of drug-likeness (QED) is 0.819. The Bertz CT molecular complexity index is 518. The lowest BCUT2D eigenvalue weighted by Gasteiger charge is -2.18. The van der Waals surface area contributed by atoms with Crippen LogP contribution < -0.4 is 5.32 Å². The molecule has 1 rings (SSSR count). The predicted octanol–water partition coefficient (Wildman–Crippen LogP) is 2.21. The average molecular weight is 299 g/mol. The highest BCUT2D eigenvalue weighted by molar-refractivity contribution is 5.85. The molecule has 0 unspecified atom stereocenters. The molecule has 116 valence electrons. The van der Waals surface area contributed by atoms with Gasteiger partial charge in [0.05, 0.1) is 13.5 Å². The summed E-state index contributed by atoms with van der Waals surface area (Å²) in [6, 6.07) is 2.51. The summed E-state index contributed by atoms with van der Waals surface area (Å²) >= 11 is 0. The standard InChI is InChI=1S/C15H19F2NO3/c1-9(2)6-13(15(20)21-3)18-14(19)8-10-4-5-11(16)12(17)7-10/h4-5,7,9,13H,6,8H2,1-3H3,(H,18,19)/t13-/m0/s1. The Labute approximate surface area is 122 Å². The number of rotatable bonds is 6. The van der Waals surface area contributed by atoms with Crippen LogP contribution in [0, 0.1) is 17.6 Å². The van der Waals surface area contributed by atoms with Crippen LogP contribution in [0.2, 0.25) is 0 Å². The van der Waals surface area contributed by atoms with Gasteiger partial charge >= 0.3 is 5.97 Å². The summed E-state index contributed by atoms with van der Waals surface area (Å²) in [5.74, 6) is -2.75. The van der Waals surface area contributed by atoms with E-state index in [1.165, 1.54) is 13.2 Å². The SMILES string of the molecule is COC(=O)[C@H](CC(C)C)NC(=O)Cc1ccc(F)c(F)c1. The van der Waals surface area contributed by atoms with Gasteiger partial charge in [0.2, 0.25) is 5.91 Å². The Morgan fingerprint density at radius 3 is 2.43 bits per heavy atom. The van der Waals surface area contributed by atoms with Crippen molar-refractivity contribution >= 4 is 11.9 Å². The molecule has 0 aliphatic heterocycles. The molecule has 0 aliphatic carbocycles. The van der Waals surface area contributed by atoms with Crippen molar-refractivity contribution in [3.63, 3.8) is 0 Å². The minimum absolute atomic E-state index is 0.136. The number of halogens is 2. The number of benzene rings is 1. The lowest BCUT2D eigenvalue weighted by atomic mass is 10.0. The Morgan fingerprint density at radius 2 is 1.90 bits per heavy atom. The predicted molar refractivity (Wildman–Crippen MR) is 73.5 cm³/mol. The Balaban J connectivity index is 2.68. The maximum atomic E-state index is 13.1. The summed E-state index contributed by atoms with van der Waals surface area (Å²) in [7, 11) is 1.25. The molecule has 21 heavy (non-hydrogen) atoms. The molecule has 6 heteroatoms. The number of hydrogen-bond donors (Lipinski definition) is 1. The highest BCUT2D eigenvalue weighted by Gasteiger charge is 2.22. The van der Waals surface area contributed by atoms with Crippen molar-refractivity contribution in [2.75, 3.05) is 7.11 Å². The van der Waals surface area contributed by atoms with Gasteiger partial charge in [0.1, 0.15) is 6.04 Å². The second kappa shape index (κ2) is 7.71. The third-order valence-corrected chi connectivity index (χ3v) is 2.88. The summed E-state index contributed by atoms with van der Waals surface area (Å²) in [5, 5.41) is 2.55. The van der Waals surface area contributed by atoms with E-state index in [4.69, 9.17) is 0 Å². The first-order valence-electron chi connectivity index (χ1n) is 6.64. The molecule has 0 aromatic heterocycles. The van der Waals surface area contributed by atoms with Crippen molar-refractivity contribution in [3.05, 3.63) is 35.4 Å². The molecule has 1 atom stereocenters. The molecule has 0 aliphatic rings. The van der Waals surface area contributed by atoms with E-state index in [1.54, 1.807) is 0 Å². The largest absolute Gasteiger partial charge is 0.467 e. The van der Waals surface area contributed by atoms with Gasteiger partial charge in [0.25, 0.3) is 0 Å². The van der Waals surface area contributed by atoms with Crippen LogP contribution in [0.3, 0.4) is 0 Å². The summed E-state index contributed by atoms with van der Waals surface area (Å²) in [5.41, 5.74) is 0.333. The van der Waals surface area contributed by atoms with Crippen molar-refractivity contribution in [1.82, 2.24) is 5.32 Å². The fourth-order valence-electron chi connectivity index (χ4n) is 1.91. The molecule has 1 aromatic carbocycles. The first-order valence-corrected chi connectivity index (χ1v) is 6.64. The van der Waals surface area contributed by atoms with E-state index in [2.05, 4.69) is 10.1 Å². The Hall–Kier alpha value is -1.98. The molecular weight excluding hydrogens is 280 g/mol. The molecular formula is C15H19F2NO3. The van der Waals surface area contributed by atoms with Crippen molar-refractivity contribution < 1.29 is 23.1 Å². The van der Waals surface area contributed by atoms with E-state index < -0.39 is 29.6 Å². The van der Waals surface area contributed by atoms with Crippen LogP contribution >= 0.6 is 0 Å². The van der Waals surface area contributed by atoms with E-state index >= 15 is 0 Å². The minimum Gasteiger partial charge on any atom is -0.467 e. The number of nitrogens with one attached hydrogen (secondary N) is 1. The first-order chi connectivity index (χ1) is 9.83. The zero-order chi connectivity index (χ0) is 16.0. The highest BCUT2D eigenvalue weighted by atomic mass is 19.2. The topological polar surface area (TPSA) is 55.4 Å². The second-order valence-corrected chi connectivity index (χ2v) is 5.20. The first kappa shape index (κ1) is 17.1. The normalized spacial score (nSPS) is 12.1. The minimum atomic E-state index is -1.01. The summed E-state index contributed by atoms with van der Waals surface area (Å²) in [6.07, 6.45) is 0.305. The average Bonchev–Trinajstić information content (AvgIpc) is 2.40. The van der Waals surface area contributed by atoms with Crippen LogP contribution in [0.4, 0.5) is 8.78 Å². The highest BCUT2D eigenvalue weighted by Crippen LogP contribution is 2.10. The zero-order valence-corrected chi connectivity index (χ0v) is 12.3. The van der Waals surface area contributed by atoms with Crippen LogP contribution in [-0.2, 0) is 20.7 Å². The summed E-state index contributed by atoms with van der Waals surface area (Å²) < 4.78 is 30.5. The smallest absolute Gasteiger partial charge is 0.328 e. The maximum Gasteiger partial charge on any atom is 0.328 e. The van der Waals surface area contributed by atoms with E-state index in [0.717, 1.165) is 12.1 Å². The molecule has 0 spiro atoms. The lowest BCUT2D eigenvalue weighted by molar-refractivity contribution is -0.145. The zero-order valence-electron chi connectivity index (χ0n) is 12.3. The van der Waals surface area contributed by atoms with Gasteiger partial charge in [-0.25, -0.2) is 13.6 Å². The van der Waals surface area contributed by atoms with Crippen molar-refractivity contribution in [2.45, 2.75) is 32.7 Å². The van der Waals surface area contributed by atoms with Gasteiger partial charge in [-0.3, -0.25) is 4.79 Å². The third-order valence-electron chi connectivity index (χ3n) is 2.88. The van der Waals surface area contributed by atoms with Gasteiger partial charge in [0, 0.05) is 0 Å². The van der Waals surface area contributed by atoms with Crippen LogP contribution in [0.1, 0.15) is 25.8 Å². The second-order valence-electron chi connectivity index (χ2n) is 5.20. The van der Waals surface area contributed by atoms with Crippen molar-refractivity contribution in [1.29, 1.82) is 0 Å². The number of esters is 1.